The van der Waals surface area contributed by atoms with E-state index in [0.29, 0.717) is 25.0 Å². The van der Waals surface area contributed by atoms with E-state index in [1.807, 2.05) is 6.92 Å². The van der Waals surface area contributed by atoms with Crippen molar-refractivity contribution in [1.82, 2.24) is 0 Å². The number of aliphatic hydroxyl groups is 2. The van der Waals surface area contributed by atoms with Crippen LogP contribution in [0.15, 0.2) is 34.1 Å². The zero-order valence-corrected chi connectivity index (χ0v) is 19.5. The van der Waals surface area contributed by atoms with Crippen LogP contribution in [-0.2, 0) is 9.47 Å². The van der Waals surface area contributed by atoms with E-state index in [4.69, 9.17) is 9.47 Å². The minimum atomic E-state index is -1.95. The van der Waals surface area contributed by atoms with Crippen molar-refractivity contribution in [2.75, 3.05) is 6.61 Å². The fraction of sp³-hybridized carbons (Fsp3) is 0.750. The molecule has 0 unspecified atom stereocenters. The van der Waals surface area contributed by atoms with Crippen LogP contribution in [0.1, 0.15) is 53.4 Å². The highest BCUT2D eigenvalue weighted by atomic mass is 19.1. The summed E-state index contributed by atoms with van der Waals surface area (Å²) in [5.74, 6) is -1.74. The number of hydrogen-bond acceptors (Lipinski definition) is 8. The second kappa shape index (κ2) is 6.87. The zero-order valence-electron chi connectivity index (χ0n) is 19.5. The van der Waals surface area contributed by atoms with Crippen molar-refractivity contribution in [2.45, 2.75) is 82.6 Å². The number of fused-ring (bicyclic) bond motifs is 7. The number of allylic oxidation sites excluding steroid dienone is 4. The van der Waals surface area contributed by atoms with Gasteiger partial charge in [-0.25, -0.2) is 4.39 Å². The number of nitrogens with zero attached hydrogens (tertiary/aromatic N) is 2. The minimum Gasteiger partial charge on any atom is -0.411 e. The number of rotatable bonds is 2. The number of ether oxygens (including phenoxy) is 2. The fourth-order valence-corrected chi connectivity index (χ4v) is 8.12. The molecule has 1 saturated heterocycles. The molecule has 0 amide bonds. The number of halogens is 1. The molecule has 1 aliphatic heterocycles. The number of oxime groups is 2. The van der Waals surface area contributed by atoms with Gasteiger partial charge < -0.3 is 30.1 Å². The van der Waals surface area contributed by atoms with E-state index in [-0.39, 0.29) is 18.1 Å². The lowest BCUT2D eigenvalue weighted by Crippen LogP contribution is -2.70. The fourth-order valence-electron chi connectivity index (χ4n) is 8.12. The van der Waals surface area contributed by atoms with Crippen LogP contribution in [-0.4, -0.2) is 67.9 Å². The molecule has 8 atom stereocenters. The lowest BCUT2D eigenvalue weighted by atomic mass is 9.44. The Morgan fingerprint density at radius 1 is 1.21 bits per heavy atom. The van der Waals surface area contributed by atoms with Gasteiger partial charge in [0, 0.05) is 16.7 Å². The number of alkyl halides is 1. The molecule has 0 radical (unpaired) electrons. The number of aliphatic hydroxyl groups excluding tert-OH is 2. The molecule has 0 bridgehead atoms. The van der Waals surface area contributed by atoms with Crippen molar-refractivity contribution in [1.29, 1.82) is 0 Å². The maximum atomic E-state index is 17.3. The Morgan fingerprint density at radius 2 is 1.94 bits per heavy atom. The van der Waals surface area contributed by atoms with E-state index < -0.39 is 52.6 Å². The standard InChI is InChI=1S/C24H33FN2O6/c1-20(2)32-19-10-16-15-6-5-13-9-14(26-30)7-8-21(13,3)23(15,25)18(29)11-22(16,4)24(19,33-20)17(12-28)27-31/h7-9,15-16,18-19,28-31H,5-6,10-12H2,1-4H3/b26-14?,27-17+/t15-,16-,18-,19+,21-,22-,23-,24+/m0/s1. The first kappa shape index (κ1) is 23.0. The van der Waals surface area contributed by atoms with Crippen LogP contribution in [0.5, 0.6) is 0 Å². The summed E-state index contributed by atoms with van der Waals surface area (Å²) in [6.45, 7) is 6.74. The van der Waals surface area contributed by atoms with Crippen molar-refractivity contribution in [2.24, 2.45) is 33.0 Å². The Labute approximate surface area is 192 Å². The van der Waals surface area contributed by atoms with Gasteiger partial charge in [0.05, 0.1) is 18.8 Å². The third-order valence-corrected chi connectivity index (χ3v) is 9.46. The summed E-state index contributed by atoms with van der Waals surface area (Å²) in [7, 11) is 0. The van der Waals surface area contributed by atoms with Crippen molar-refractivity contribution >= 4 is 11.4 Å². The lowest BCUT2D eigenvalue weighted by Gasteiger charge is -2.63. The van der Waals surface area contributed by atoms with E-state index in [9.17, 15) is 20.6 Å². The van der Waals surface area contributed by atoms with Crippen molar-refractivity contribution in [3.8, 4) is 0 Å². The predicted molar refractivity (Wildman–Crippen MR) is 117 cm³/mol. The first-order chi connectivity index (χ1) is 15.4. The van der Waals surface area contributed by atoms with Gasteiger partial charge in [-0.2, -0.15) is 0 Å². The third kappa shape index (κ3) is 2.54. The lowest BCUT2D eigenvalue weighted by molar-refractivity contribution is -0.236. The van der Waals surface area contributed by atoms with Crippen LogP contribution < -0.4 is 0 Å². The molecule has 33 heavy (non-hydrogen) atoms. The molecular weight excluding hydrogens is 431 g/mol. The molecule has 4 fully saturated rings. The maximum absolute atomic E-state index is 17.3. The molecule has 4 N–H and O–H groups in total. The average Bonchev–Trinajstić information content (AvgIpc) is 3.15. The third-order valence-electron chi connectivity index (χ3n) is 9.46. The first-order valence-corrected chi connectivity index (χ1v) is 11.6. The van der Waals surface area contributed by atoms with Crippen LogP contribution >= 0.6 is 0 Å². The molecular formula is C24H33FN2O6. The van der Waals surface area contributed by atoms with E-state index in [0.717, 1.165) is 5.57 Å². The topological polar surface area (TPSA) is 124 Å². The van der Waals surface area contributed by atoms with E-state index in [1.54, 1.807) is 39.0 Å². The van der Waals surface area contributed by atoms with Gasteiger partial charge in [0.25, 0.3) is 0 Å². The average molecular weight is 465 g/mol. The van der Waals surface area contributed by atoms with Gasteiger partial charge in [-0.15, -0.1) is 0 Å². The predicted octanol–water partition coefficient (Wildman–Crippen LogP) is 2.94. The Bertz CT molecular complexity index is 993. The summed E-state index contributed by atoms with van der Waals surface area (Å²) < 4.78 is 30.0. The highest BCUT2D eigenvalue weighted by molar-refractivity contribution is 6.05. The highest BCUT2D eigenvalue weighted by Gasteiger charge is 2.79. The summed E-state index contributed by atoms with van der Waals surface area (Å²) >= 11 is 0. The molecule has 5 aliphatic rings. The van der Waals surface area contributed by atoms with Gasteiger partial charge in [0.2, 0.25) is 0 Å². The minimum absolute atomic E-state index is 0.0469. The van der Waals surface area contributed by atoms with E-state index in [1.165, 1.54) is 0 Å². The van der Waals surface area contributed by atoms with Crippen LogP contribution in [0, 0.1) is 22.7 Å². The van der Waals surface area contributed by atoms with Gasteiger partial charge >= 0.3 is 0 Å². The van der Waals surface area contributed by atoms with Crippen molar-refractivity contribution in [3.05, 3.63) is 23.8 Å². The second-order valence-electron chi connectivity index (χ2n) is 11.2. The Balaban J connectivity index is 1.64. The van der Waals surface area contributed by atoms with Crippen LogP contribution in [0.2, 0.25) is 0 Å². The molecule has 5 rings (SSSR count). The molecule has 1 heterocycles. The van der Waals surface area contributed by atoms with Crippen molar-refractivity contribution in [3.63, 3.8) is 0 Å². The van der Waals surface area contributed by atoms with Gasteiger partial charge in [0.1, 0.15) is 17.0 Å². The monoisotopic (exact) mass is 464 g/mol. The Morgan fingerprint density at radius 3 is 2.58 bits per heavy atom. The van der Waals surface area contributed by atoms with Crippen LogP contribution in [0.25, 0.3) is 0 Å². The molecule has 0 aromatic heterocycles. The molecule has 0 aromatic carbocycles. The molecule has 9 heteroatoms. The highest BCUT2D eigenvalue weighted by Crippen LogP contribution is 2.72. The quantitative estimate of drug-likeness (QED) is 0.283. The van der Waals surface area contributed by atoms with Crippen LogP contribution in [0.4, 0.5) is 4.39 Å². The molecule has 0 aromatic rings. The Kier molecular flexibility index (Phi) is 4.78. The zero-order chi connectivity index (χ0) is 24.0. The van der Waals surface area contributed by atoms with E-state index in [2.05, 4.69) is 10.3 Å². The molecule has 0 spiro atoms. The van der Waals surface area contributed by atoms with Gasteiger partial charge in [-0.1, -0.05) is 28.9 Å². The summed E-state index contributed by atoms with van der Waals surface area (Å²) in [6.07, 6.45) is 4.74. The van der Waals surface area contributed by atoms with Crippen molar-refractivity contribution < 1.29 is 34.5 Å². The summed E-state index contributed by atoms with van der Waals surface area (Å²) in [6, 6.07) is 0. The van der Waals surface area contributed by atoms with Gasteiger partial charge in [-0.3, -0.25) is 0 Å². The number of hydrogen-bond donors (Lipinski definition) is 4. The molecule has 8 nitrogen and oxygen atoms in total. The van der Waals surface area contributed by atoms with Gasteiger partial charge in [-0.05, 0) is 64.5 Å². The Hall–Kier alpha value is -1.81. The SMILES string of the molecule is CC1(C)O[C@@H]2C[C@H]3[C@@H]4CCC5=CC(=NO)C=C[C@]5(C)[C@@]4(F)[C@@H](O)C[C@]3(C)[C@]2(/C(CO)=N/O)O1. The summed E-state index contributed by atoms with van der Waals surface area (Å²) in [5.41, 5.74) is -3.90. The summed E-state index contributed by atoms with van der Waals surface area (Å²) in [4.78, 5) is 0. The van der Waals surface area contributed by atoms with Crippen LogP contribution in [0.3, 0.4) is 0 Å². The molecule has 3 saturated carbocycles. The van der Waals surface area contributed by atoms with E-state index >= 15 is 4.39 Å². The normalized spacial score (nSPS) is 51.5. The smallest absolute Gasteiger partial charge is 0.164 e. The maximum Gasteiger partial charge on any atom is 0.164 e. The first-order valence-electron chi connectivity index (χ1n) is 11.6. The molecule has 182 valence electrons. The molecule has 4 aliphatic carbocycles. The second-order valence-corrected chi connectivity index (χ2v) is 11.2. The van der Waals surface area contributed by atoms with Gasteiger partial charge in [0.15, 0.2) is 11.5 Å². The largest absolute Gasteiger partial charge is 0.411 e. The summed E-state index contributed by atoms with van der Waals surface area (Å²) in [5, 5.41) is 47.3.